The van der Waals surface area contributed by atoms with Crippen LogP contribution in [0.1, 0.15) is 48.9 Å². The zero-order valence-electron chi connectivity index (χ0n) is 12.2. The number of halogens is 2. The van der Waals surface area contributed by atoms with Crippen molar-refractivity contribution in [2.75, 3.05) is 13.1 Å². The lowest BCUT2D eigenvalue weighted by molar-refractivity contribution is 0.0896. The van der Waals surface area contributed by atoms with Crippen LogP contribution < -0.4 is 0 Å². The lowest BCUT2D eigenvalue weighted by Gasteiger charge is -2.28. The molecule has 1 saturated heterocycles. The summed E-state index contributed by atoms with van der Waals surface area (Å²) in [5.74, 6) is 0.877. The molecule has 0 bridgehead atoms. The highest BCUT2D eigenvalue weighted by molar-refractivity contribution is 6.36. The van der Waals surface area contributed by atoms with Crippen LogP contribution in [0.5, 0.6) is 0 Å². The molecule has 1 atom stereocenters. The molecule has 1 aromatic carbocycles. The van der Waals surface area contributed by atoms with Crippen LogP contribution in [0.3, 0.4) is 0 Å². The van der Waals surface area contributed by atoms with Crippen LogP contribution in [0.15, 0.2) is 18.2 Å². The normalized spacial score (nSPS) is 23.8. The smallest absolute Gasteiger partial charge is 0.178 e. The van der Waals surface area contributed by atoms with Gasteiger partial charge in [0, 0.05) is 16.6 Å². The molecule has 1 aliphatic carbocycles. The quantitative estimate of drug-likeness (QED) is 0.739. The molecule has 0 aromatic heterocycles. The van der Waals surface area contributed by atoms with Crippen molar-refractivity contribution in [2.45, 2.75) is 44.6 Å². The average molecular weight is 326 g/mol. The fourth-order valence-electron chi connectivity index (χ4n) is 3.91. The van der Waals surface area contributed by atoms with Gasteiger partial charge in [-0.3, -0.25) is 9.69 Å². The topological polar surface area (TPSA) is 20.3 Å². The number of rotatable bonds is 4. The minimum atomic E-state index is 0.0902. The molecule has 1 saturated carbocycles. The van der Waals surface area contributed by atoms with Gasteiger partial charge in [0.2, 0.25) is 0 Å². The summed E-state index contributed by atoms with van der Waals surface area (Å²) in [6, 6.07) is 5.70. The third kappa shape index (κ3) is 3.44. The first kappa shape index (κ1) is 15.3. The Morgan fingerprint density at radius 3 is 2.67 bits per heavy atom. The molecule has 0 amide bonds. The third-order valence-electron chi connectivity index (χ3n) is 4.93. The van der Waals surface area contributed by atoms with Crippen molar-refractivity contribution >= 4 is 29.0 Å². The van der Waals surface area contributed by atoms with Crippen molar-refractivity contribution in [3.05, 3.63) is 33.8 Å². The minimum Gasteiger partial charge on any atom is -0.293 e. The van der Waals surface area contributed by atoms with E-state index >= 15 is 0 Å². The van der Waals surface area contributed by atoms with Crippen molar-refractivity contribution in [3.63, 3.8) is 0 Å². The van der Waals surface area contributed by atoms with E-state index in [4.69, 9.17) is 23.2 Å². The number of carbonyl (C=O) groups excluding carboxylic acids is 1. The molecule has 1 aliphatic heterocycles. The first-order chi connectivity index (χ1) is 10.1. The minimum absolute atomic E-state index is 0.0902. The second-order valence-corrected chi connectivity index (χ2v) is 7.12. The van der Waals surface area contributed by atoms with Crippen molar-refractivity contribution in [1.29, 1.82) is 0 Å². The average Bonchev–Trinajstić information content (AvgIpc) is 3.11. The summed E-state index contributed by atoms with van der Waals surface area (Å²) >= 11 is 12.1. The predicted molar refractivity (Wildman–Crippen MR) is 87.3 cm³/mol. The predicted octanol–water partition coefficient (Wildman–Crippen LogP) is 4.83. The van der Waals surface area contributed by atoms with Crippen LogP contribution in [0.25, 0.3) is 0 Å². The Bertz CT molecular complexity index is 526. The number of hydrogen-bond donors (Lipinski definition) is 0. The lowest BCUT2D eigenvalue weighted by Crippen LogP contribution is -2.38. The van der Waals surface area contributed by atoms with Crippen molar-refractivity contribution in [3.8, 4) is 0 Å². The van der Waals surface area contributed by atoms with E-state index in [1.807, 2.05) is 0 Å². The highest BCUT2D eigenvalue weighted by Crippen LogP contribution is 2.35. The van der Waals surface area contributed by atoms with Crippen LogP contribution in [0, 0.1) is 5.92 Å². The lowest BCUT2D eigenvalue weighted by atomic mass is 9.95. The Kier molecular flexibility index (Phi) is 4.88. The Labute approximate surface area is 136 Å². The van der Waals surface area contributed by atoms with Crippen molar-refractivity contribution in [1.82, 2.24) is 4.90 Å². The largest absolute Gasteiger partial charge is 0.293 e. The maximum absolute atomic E-state index is 12.5. The van der Waals surface area contributed by atoms with E-state index in [0.29, 0.717) is 28.2 Å². The maximum Gasteiger partial charge on any atom is 0.178 e. The van der Waals surface area contributed by atoms with Crippen molar-refractivity contribution in [2.24, 2.45) is 5.92 Å². The van der Waals surface area contributed by atoms with Crippen LogP contribution in [-0.2, 0) is 0 Å². The zero-order valence-corrected chi connectivity index (χ0v) is 13.7. The summed E-state index contributed by atoms with van der Waals surface area (Å²) in [5.41, 5.74) is 0.557. The molecular formula is C17H21Cl2NO. The van der Waals surface area contributed by atoms with E-state index in [2.05, 4.69) is 4.90 Å². The summed E-state index contributed by atoms with van der Waals surface area (Å²) < 4.78 is 0. The van der Waals surface area contributed by atoms with E-state index in [1.165, 1.54) is 38.5 Å². The fraction of sp³-hybridized carbons (Fsp3) is 0.588. The van der Waals surface area contributed by atoms with Gasteiger partial charge >= 0.3 is 0 Å². The van der Waals surface area contributed by atoms with Crippen LogP contribution in [-0.4, -0.2) is 29.8 Å². The van der Waals surface area contributed by atoms with E-state index in [-0.39, 0.29) is 5.78 Å². The highest BCUT2D eigenvalue weighted by Gasteiger charge is 2.34. The summed E-state index contributed by atoms with van der Waals surface area (Å²) in [6.45, 7) is 1.51. The number of benzene rings is 1. The molecule has 2 aliphatic rings. The van der Waals surface area contributed by atoms with Gasteiger partial charge in [-0.1, -0.05) is 36.0 Å². The molecule has 3 rings (SSSR count). The number of carbonyl (C=O) groups is 1. The number of likely N-dealkylation sites (tertiary alicyclic amines) is 1. The van der Waals surface area contributed by atoms with Gasteiger partial charge in [-0.25, -0.2) is 0 Å². The van der Waals surface area contributed by atoms with E-state index in [0.717, 1.165) is 12.5 Å². The van der Waals surface area contributed by atoms with E-state index in [9.17, 15) is 4.79 Å². The van der Waals surface area contributed by atoms with E-state index < -0.39 is 0 Å². The molecule has 0 spiro atoms. The highest BCUT2D eigenvalue weighted by atomic mass is 35.5. The summed E-state index contributed by atoms with van der Waals surface area (Å²) in [4.78, 5) is 14.9. The molecule has 2 nitrogen and oxygen atoms in total. The van der Waals surface area contributed by atoms with Crippen molar-refractivity contribution < 1.29 is 4.79 Å². The van der Waals surface area contributed by atoms with Gasteiger partial charge in [0.25, 0.3) is 0 Å². The zero-order chi connectivity index (χ0) is 14.8. The number of hydrogen-bond acceptors (Lipinski definition) is 2. The third-order valence-corrected chi connectivity index (χ3v) is 5.50. The molecule has 0 N–H and O–H groups in total. The molecular weight excluding hydrogens is 305 g/mol. The number of Topliss-reactive ketones (excluding diaryl/α,β-unsaturated/α-hetero) is 1. The first-order valence-electron chi connectivity index (χ1n) is 7.87. The Morgan fingerprint density at radius 2 is 1.90 bits per heavy atom. The van der Waals surface area contributed by atoms with Gasteiger partial charge in [0.15, 0.2) is 5.78 Å². The van der Waals surface area contributed by atoms with Gasteiger partial charge in [0.05, 0.1) is 11.6 Å². The molecule has 2 fully saturated rings. The number of nitrogens with zero attached hydrogens (tertiary/aromatic N) is 1. The molecule has 1 unspecified atom stereocenters. The van der Waals surface area contributed by atoms with Gasteiger partial charge in [-0.15, -0.1) is 0 Å². The molecule has 1 heterocycles. The van der Waals surface area contributed by atoms with E-state index in [1.54, 1.807) is 18.2 Å². The summed E-state index contributed by atoms with van der Waals surface area (Å²) in [7, 11) is 0. The summed E-state index contributed by atoms with van der Waals surface area (Å²) in [6.07, 6.45) is 7.80. The standard InChI is InChI=1S/C17H21Cl2NO/c18-13-7-8-15(19)14(10-13)17(21)11-20-9-3-6-16(20)12-4-1-2-5-12/h7-8,10,12,16H,1-6,9,11H2. The maximum atomic E-state index is 12.5. The fourth-order valence-corrected chi connectivity index (χ4v) is 4.30. The second kappa shape index (κ2) is 6.68. The number of ketones is 1. The summed E-state index contributed by atoms with van der Waals surface area (Å²) in [5, 5.41) is 1.07. The monoisotopic (exact) mass is 325 g/mol. The van der Waals surface area contributed by atoms with Crippen LogP contribution >= 0.6 is 23.2 Å². The SMILES string of the molecule is O=C(CN1CCCC1C1CCCC1)c1cc(Cl)ccc1Cl. The Hall–Kier alpha value is -0.570. The van der Waals surface area contributed by atoms with Gasteiger partial charge in [0.1, 0.15) is 0 Å². The molecule has 0 radical (unpaired) electrons. The van der Waals surface area contributed by atoms with Gasteiger partial charge in [-0.05, 0) is 56.3 Å². The van der Waals surface area contributed by atoms with Gasteiger partial charge < -0.3 is 0 Å². The second-order valence-electron chi connectivity index (χ2n) is 6.27. The molecule has 1 aromatic rings. The Morgan fingerprint density at radius 1 is 1.14 bits per heavy atom. The molecule has 21 heavy (non-hydrogen) atoms. The molecule has 4 heteroatoms. The first-order valence-corrected chi connectivity index (χ1v) is 8.63. The van der Waals surface area contributed by atoms with Crippen LogP contribution in [0.2, 0.25) is 10.0 Å². The molecule has 114 valence electrons. The van der Waals surface area contributed by atoms with Crippen LogP contribution in [0.4, 0.5) is 0 Å². The van der Waals surface area contributed by atoms with Gasteiger partial charge in [-0.2, -0.15) is 0 Å². The Balaban J connectivity index is 1.70.